The summed E-state index contributed by atoms with van der Waals surface area (Å²) in [6.07, 6.45) is 1.56. The molecule has 4 nitrogen and oxygen atoms in total. The van der Waals surface area contributed by atoms with E-state index in [0.717, 1.165) is 12.1 Å². The smallest absolute Gasteiger partial charge is 0.373 e. The topological polar surface area (TPSA) is 63.1 Å². The van der Waals surface area contributed by atoms with Crippen molar-refractivity contribution in [3.05, 3.63) is 58.7 Å². The average Bonchev–Trinajstić information content (AvgIpc) is 2.36. The maximum absolute atomic E-state index is 10.9. The summed E-state index contributed by atoms with van der Waals surface area (Å²) < 4.78 is 0. The van der Waals surface area contributed by atoms with Gasteiger partial charge in [0.05, 0.1) is 0 Å². The molecule has 0 unspecified atom stereocenters. The minimum atomic E-state index is -1.08. The van der Waals surface area contributed by atoms with Crippen LogP contribution in [0.2, 0.25) is 0 Å². The molecule has 0 bridgehead atoms. The lowest BCUT2D eigenvalue weighted by molar-refractivity contribution is 0.0682. The Labute approximate surface area is 112 Å². The van der Waals surface area contributed by atoms with E-state index in [1.165, 1.54) is 11.1 Å². The van der Waals surface area contributed by atoms with Crippen molar-refractivity contribution in [2.24, 2.45) is 0 Å². The third kappa shape index (κ3) is 3.61. The lowest BCUT2D eigenvalue weighted by Gasteiger charge is -2.05. The molecule has 0 aliphatic heterocycles. The van der Waals surface area contributed by atoms with E-state index in [0.29, 0.717) is 12.1 Å². The highest BCUT2D eigenvalue weighted by Gasteiger charge is 2.09. The van der Waals surface area contributed by atoms with Crippen LogP contribution in [-0.2, 0) is 12.8 Å². The van der Waals surface area contributed by atoms with Gasteiger partial charge in [0.2, 0.25) is 5.82 Å². The summed E-state index contributed by atoms with van der Waals surface area (Å²) in [6, 6.07) is 10.1. The number of aromatic carboxylic acids is 1. The van der Waals surface area contributed by atoms with E-state index in [9.17, 15) is 4.79 Å². The first kappa shape index (κ1) is 13.2. The summed E-state index contributed by atoms with van der Waals surface area (Å²) in [6.45, 7) is 3.84. The molecule has 0 aliphatic rings. The van der Waals surface area contributed by atoms with Crippen molar-refractivity contribution in [3.8, 4) is 0 Å². The van der Waals surface area contributed by atoms with Gasteiger partial charge in [-0.1, -0.05) is 29.8 Å². The highest BCUT2D eigenvalue weighted by atomic mass is 16.4. The number of rotatable bonds is 4. The van der Waals surface area contributed by atoms with Crippen LogP contribution < -0.4 is 0 Å². The summed E-state index contributed by atoms with van der Waals surface area (Å²) >= 11 is 0. The van der Waals surface area contributed by atoms with Crippen LogP contribution in [0.4, 0.5) is 0 Å². The Bertz CT molecular complexity index is 609. The number of hydrogen-bond donors (Lipinski definition) is 1. The molecule has 0 fully saturated rings. The lowest BCUT2D eigenvalue weighted by Crippen LogP contribution is -2.08. The van der Waals surface area contributed by atoms with Gasteiger partial charge in [-0.25, -0.2) is 14.8 Å². The molecule has 98 valence electrons. The molecule has 1 heterocycles. The van der Waals surface area contributed by atoms with Gasteiger partial charge in [0.15, 0.2) is 0 Å². The van der Waals surface area contributed by atoms with Crippen molar-refractivity contribution in [1.29, 1.82) is 0 Å². The highest BCUT2D eigenvalue weighted by molar-refractivity contribution is 5.83. The number of benzene rings is 1. The number of hydrogen-bond acceptors (Lipinski definition) is 3. The van der Waals surface area contributed by atoms with Gasteiger partial charge in [0, 0.05) is 11.4 Å². The Morgan fingerprint density at radius 3 is 2.63 bits per heavy atom. The zero-order valence-corrected chi connectivity index (χ0v) is 11.1. The predicted molar refractivity (Wildman–Crippen MR) is 72.3 cm³/mol. The Morgan fingerprint density at radius 1 is 1.16 bits per heavy atom. The first-order valence-electron chi connectivity index (χ1n) is 6.18. The van der Waals surface area contributed by atoms with Gasteiger partial charge in [-0.05, 0) is 38.3 Å². The molecule has 0 spiro atoms. The van der Waals surface area contributed by atoms with E-state index < -0.39 is 5.97 Å². The predicted octanol–water partition coefficient (Wildman–Crippen LogP) is 2.58. The van der Waals surface area contributed by atoms with Gasteiger partial charge >= 0.3 is 5.97 Å². The second kappa shape index (κ2) is 5.61. The van der Waals surface area contributed by atoms with Crippen molar-refractivity contribution >= 4 is 5.97 Å². The van der Waals surface area contributed by atoms with Gasteiger partial charge in [0.1, 0.15) is 0 Å². The molecule has 4 heteroatoms. The second-order valence-corrected chi connectivity index (χ2v) is 4.62. The van der Waals surface area contributed by atoms with E-state index in [1.54, 1.807) is 6.92 Å². The third-order valence-electron chi connectivity index (χ3n) is 2.85. The summed E-state index contributed by atoms with van der Waals surface area (Å²) in [5.41, 5.74) is 3.91. The zero-order chi connectivity index (χ0) is 13.8. The second-order valence-electron chi connectivity index (χ2n) is 4.62. The molecule has 2 rings (SSSR count). The van der Waals surface area contributed by atoms with Gasteiger partial charge in [-0.15, -0.1) is 0 Å². The molecule has 1 aromatic heterocycles. The van der Waals surface area contributed by atoms with Crippen LogP contribution in [0.15, 0.2) is 30.3 Å². The lowest BCUT2D eigenvalue weighted by atomic mass is 10.1. The summed E-state index contributed by atoms with van der Waals surface area (Å²) in [5, 5.41) is 8.93. The van der Waals surface area contributed by atoms with E-state index in [-0.39, 0.29) is 5.82 Å². The molecule has 2 aromatic rings. The van der Waals surface area contributed by atoms with Crippen LogP contribution in [0.25, 0.3) is 0 Å². The van der Waals surface area contributed by atoms with Crippen molar-refractivity contribution in [2.45, 2.75) is 26.7 Å². The van der Waals surface area contributed by atoms with Crippen molar-refractivity contribution in [3.63, 3.8) is 0 Å². The first-order chi connectivity index (χ1) is 9.04. The molecule has 0 atom stereocenters. The monoisotopic (exact) mass is 256 g/mol. The van der Waals surface area contributed by atoms with E-state index >= 15 is 0 Å². The van der Waals surface area contributed by atoms with Gasteiger partial charge < -0.3 is 5.11 Å². The number of nitrogens with zero attached hydrogens (tertiary/aromatic N) is 2. The number of carboxylic acid groups (broad SMARTS) is 1. The summed E-state index contributed by atoms with van der Waals surface area (Å²) in [4.78, 5) is 18.9. The molecule has 1 N–H and O–H groups in total. The highest BCUT2D eigenvalue weighted by Crippen LogP contribution is 2.09. The van der Waals surface area contributed by atoms with Gasteiger partial charge in [-0.3, -0.25) is 0 Å². The minimum absolute atomic E-state index is 0.126. The van der Waals surface area contributed by atoms with Gasteiger partial charge in [0.25, 0.3) is 0 Å². The fourth-order valence-electron chi connectivity index (χ4n) is 2.00. The third-order valence-corrected chi connectivity index (χ3v) is 2.85. The number of aryl methyl sites for hydroxylation is 4. The first-order valence-corrected chi connectivity index (χ1v) is 6.18. The molecule has 0 amide bonds. The quantitative estimate of drug-likeness (QED) is 0.913. The largest absolute Gasteiger partial charge is 0.475 e. The Morgan fingerprint density at radius 2 is 1.95 bits per heavy atom. The molecule has 19 heavy (non-hydrogen) atoms. The Kier molecular flexibility index (Phi) is 3.90. The fraction of sp³-hybridized carbons (Fsp3) is 0.267. The molecule has 1 aromatic carbocycles. The molecule has 0 aliphatic carbocycles. The SMILES string of the molecule is Cc1cccc(CCc2cc(C)nc(C(=O)O)n2)c1. The van der Waals surface area contributed by atoms with Crippen LogP contribution in [0.3, 0.4) is 0 Å². The Balaban J connectivity index is 2.13. The summed E-state index contributed by atoms with van der Waals surface area (Å²) in [7, 11) is 0. The van der Waals surface area contributed by atoms with E-state index in [1.807, 2.05) is 12.1 Å². The molecule has 0 saturated heterocycles. The van der Waals surface area contributed by atoms with E-state index in [4.69, 9.17) is 5.11 Å². The number of carboxylic acids is 1. The normalized spacial score (nSPS) is 10.4. The van der Waals surface area contributed by atoms with Crippen LogP contribution >= 0.6 is 0 Å². The van der Waals surface area contributed by atoms with Crippen LogP contribution in [0.5, 0.6) is 0 Å². The standard InChI is InChI=1S/C15H16N2O2/c1-10-4-3-5-12(8-10)6-7-13-9-11(2)16-14(17-13)15(18)19/h3-5,8-9H,6-7H2,1-2H3,(H,18,19). The fourth-order valence-corrected chi connectivity index (χ4v) is 2.00. The maximum Gasteiger partial charge on any atom is 0.373 e. The maximum atomic E-state index is 10.9. The van der Waals surface area contributed by atoms with Gasteiger partial charge in [-0.2, -0.15) is 0 Å². The molecule has 0 saturated carbocycles. The number of aromatic nitrogens is 2. The van der Waals surface area contributed by atoms with Crippen LogP contribution in [0.1, 0.15) is 33.1 Å². The minimum Gasteiger partial charge on any atom is -0.475 e. The zero-order valence-electron chi connectivity index (χ0n) is 11.1. The van der Waals surface area contributed by atoms with Crippen molar-refractivity contribution < 1.29 is 9.90 Å². The van der Waals surface area contributed by atoms with Crippen molar-refractivity contribution in [1.82, 2.24) is 9.97 Å². The average molecular weight is 256 g/mol. The molecular formula is C15H16N2O2. The van der Waals surface area contributed by atoms with Crippen LogP contribution in [0, 0.1) is 13.8 Å². The van der Waals surface area contributed by atoms with Crippen LogP contribution in [-0.4, -0.2) is 21.0 Å². The molecule has 0 radical (unpaired) electrons. The van der Waals surface area contributed by atoms with E-state index in [2.05, 4.69) is 35.1 Å². The summed E-state index contributed by atoms with van der Waals surface area (Å²) in [5.74, 6) is -1.21. The van der Waals surface area contributed by atoms with Crippen molar-refractivity contribution in [2.75, 3.05) is 0 Å². The Hall–Kier alpha value is -2.23. The molecular weight excluding hydrogens is 240 g/mol. The number of carbonyl (C=O) groups is 1.